The molecule has 1 aliphatic heterocycles. The number of piperazine rings is 1. The van der Waals surface area contributed by atoms with Crippen LogP contribution in [0.4, 0.5) is 0 Å². The third-order valence-corrected chi connectivity index (χ3v) is 2.91. The molecule has 1 fully saturated rings. The van der Waals surface area contributed by atoms with E-state index in [9.17, 15) is 14.4 Å². The zero-order valence-corrected chi connectivity index (χ0v) is 10.5. The monoisotopic (exact) mass is 251 g/mol. The van der Waals surface area contributed by atoms with Crippen LogP contribution in [0.2, 0.25) is 0 Å². The van der Waals surface area contributed by atoms with Crippen LogP contribution in [0.1, 0.15) is 26.2 Å². The highest BCUT2D eigenvalue weighted by Gasteiger charge is 2.23. The number of amides is 2. The molecule has 0 N–H and O–H groups in total. The summed E-state index contributed by atoms with van der Waals surface area (Å²) in [7, 11) is 0. The number of Topliss-reactive ketones (excluding diaryl/α,β-unsaturated/α-hetero) is 1. The van der Waals surface area contributed by atoms with E-state index in [0.29, 0.717) is 26.2 Å². The summed E-state index contributed by atoms with van der Waals surface area (Å²) in [6, 6.07) is 1.82. The fourth-order valence-corrected chi connectivity index (χ4v) is 1.83. The first-order valence-corrected chi connectivity index (χ1v) is 5.96. The topological polar surface area (TPSA) is 81.5 Å². The van der Waals surface area contributed by atoms with Crippen molar-refractivity contribution in [2.75, 3.05) is 26.2 Å². The van der Waals surface area contributed by atoms with Crippen molar-refractivity contribution >= 4 is 17.6 Å². The Balaban J connectivity index is 2.35. The van der Waals surface area contributed by atoms with E-state index in [0.717, 1.165) is 0 Å². The smallest absolute Gasteiger partial charge is 0.236 e. The molecule has 0 atom stereocenters. The van der Waals surface area contributed by atoms with E-state index >= 15 is 0 Å². The van der Waals surface area contributed by atoms with Crippen LogP contribution in [0.15, 0.2) is 0 Å². The van der Waals surface area contributed by atoms with Crippen molar-refractivity contribution in [3.63, 3.8) is 0 Å². The molecule has 1 aliphatic rings. The van der Waals surface area contributed by atoms with Crippen molar-refractivity contribution in [1.29, 1.82) is 5.26 Å². The molecular weight excluding hydrogens is 234 g/mol. The minimum absolute atomic E-state index is 0.00573. The van der Waals surface area contributed by atoms with Gasteiger partial charge in [0.1, 0.15) is 12.2 Å². The number of rotatable bonds is 4. The number of hydrogen-bond donors (Lipinski definition) is 0. The molecule has 1 saturated heterocycles. The van der Waals surface area contributed by atoms with Crippen LogP contribution < -0.4 is 0 Å². The first-order valence-electron chi connectivity index (χ1n) is 5.96. The van der Waals surface area contributed by atoms with Gasteiger partial charge in [-0.2, -0.15) is 5.26 Å². The summed E-state index contributed by atoms with van der Waals surface area (Å²) in [5, 5.41) is 8.44. The van der Waals surface area contributed by atoms with E-state index in [1.807, 2.05) is 6.07 Å². The maximum Gasteiger partial charge on any atom is 0.236 e. The van der Waals surface area contributed by atoms with Crippen LogP contribution in [-0.2, 0) is 14.4 Å². The number of nitriles is 1. The van der Waals surface area contributed by atoms with Crippen LogP contribution >= 0.6 is 0 Å². The van der Waals surface area contributed by atoms with Gasteiger partial charge < -0.3 is 14.6 Å². The fourth-order valence-electron chi connectivity index (χ4n) is 1.83. The lowest BCUT2D eigenvalue weighted by Crippen LogP contribution is -2.50. The molecule has 18 heavy (non-hydrogen) atoms. The highest BCUT2D eigenvalue weighted by atomic mass is 16.2. The van der Waals surface area contributed by atoms with Crippen LogP contribution in [0, 0.1) is 11.3 Å². The van der Waals surface area contributed by atoms with Gasteiger partial charge in [-0.05, 0) is 6.92 Å². The van der Waals surface area contributed by atoms with Gasteiger partial charge in [-0.25, -0.2) is 0 Å². The van der Waals surface area contributed by atoms with Gasteiger partial charge >= 0.3 is 0 Å². The van der Waals surface area contributed by atoms with E-state index < -0.39 is 0 Å². The van der Waals surface area contributed by atoms with Crippen molar-refractivity contribution in [3.8, 4) is 6.07 Å². The van der Waals surface area contributed by atoms with Gasteiger partial charge in [-0.15, -0.1) is 0 Å². The number of carbonyl (C=O) groups excluding carboxylic acids is 3. The minimum Gasteiger partial charge on any atom is -0.339 e. The zero-order chi connectivity index (χ0) is 13.5. The standard InChI is InChI=1S/C12H17N3O3/c1-10(16)2-3-11(17)14-6-8-15(9-7-14)12(18)4-5-13/h2-4,6-9H2,1H3. The Labute approximate surface area is 106 Å². The molecule has 0 aromatic carbocycles. The lowest BCUT2D eigenvalue weighted by molar-refractivity contribution is -0.139. The summed E-state index contributed by atoms with van der Waals surface area (Å²) >= 11 is 0. The highest BCUT2D eigenvalue weighted by molar-refractivity contribution is 5.84. The largest absolute Gasteiger partial charge is 0.339 e. The lowest BCUT2D eigenvalue weighted by Gasteiger charge is -2.34. The number of carbonyl (C=O) groups is 3. The average molecular weight is 251 g/mol. The molecule has 6 nitrogen and oxygen atoms in total. The summed E-state index contributed by atoms with van der Waals surface area (Å²) in [4.78, 5) is 37.2. The molecule has 0 radical (unpaired) electrons. The predicted molar refractivity (Wildman–Crippen MR) is 63.3 cm³/mol. The van der Waals surface area contributed by atoms with E-state index in [2.05, 4.69) is 0 Å². The Bertz CT molecular complexity index is 379. The van der Waals surface area contributed by atoms with E-state index in [-0.39, 0.29) is 36.9 Å². The summed E-state index contributed by atoms with van der Waals surface area (Å²) < 4.78 is 0. The molecule has 1 rings (SSSR count). The van der Waals surface area contributed by atoms with Gasteiger partial charge in [0, 0.05) is 39.0 Å². The Kier molecular flexibility index (Phi) is 5.31. The second-order valence-electron chi connectivity index (χ2n) is 4.30. The fraction of sp³-hybridized carbons (Fsp3) is 0.667. The molecule has 0 aromatic rings. The first kappa shape index (κ1) is 14.2. The normalized spacial score (nSPS) is 15.1. The van der Waals surface area contributed by atoms with Crippen molar-refractivity contribution in [2.24, 2.45) is 0 Å². The second-order valence-corrected chi connectivity index (χ2v) is 4.30. The van der Waals surface area contributed by atoms with E-state index in [4.69, 9.17) is 5.26 Å². The summed E-state index contributed by atoms with van der Waals surface area (Å²) in [6.07, 6.45) is 0.395. The van der Waals surface area contributed by atoms with E-state index in [1.165, 1.54) is 6.92 Å². The molecular formula is C12H17N3O3. The van der Waals surface area contributed by atoms with Crippen molar-refractivity contribution < 1.29 is 14.4 Å². The molecule has 98 valence electrons. The molecule has 0 aromatic heterocycles. The lowest BCUT2D eigenvalue weighted by atomic mass is 10.2. The Morgan fingerprint density at radius 1 is 1.00 bits per heavy atom. The van der Waals surface area contributed by atoms with Crippen LogP contribution in [0.3, 0.4) is 0 Å². The Hall–Kier alpha value is -1.90. The van der Waals surface area contributed by atoms with Gasteiger partial charge in [0.15, 0.2) is 0 Å². The Morgan fingerprint density at radius 3 is 1.94 bits per heavy atom. The van der Waals surface area contributed by atoms with Gasteiger partial charge in [0.05, 0.1) is 6.07 Å². The second kappa shape index (κ2) is 6.74. The van der Waals surface area contributed by atoms with Gasteiger partial charge in [-0.3, -0.25) is 9.59 Å². The SMILES string of the molecule is CC(=O)CCC(=O)N1CCN(C(=O)CC#N)CC1. The summed E-state index contributed by atoms with van der Waals surface area (Å²) in [5.41, 5.74) is 0. The first-order chi connectivity index (χ1) is 8.54. The molecule has 0 unspecified atom stereocenters. The summed E-state index contributed by atoms with van der Waals surface area (Å²) in [5.74, 6) is -0.225. The van der Waals surface area contributed by atoms with Crippen molar-refractivity contribution in [2.45, 2.75) is 26.2 Å². The van der Waals surface area contributed by atoms with Crippen LogP contribution in [0.25, 0.3) is 0 Å². The molecule has 0 spiro atoms. The summed E-state index contributed by atoms with van der Waals surface area (Å²) in [6.45, 7) is 3.35. The van der Waals surface area contributed by atoms with Crippen molar-refractivity contribution in [1.82, 2.24) is 9.80 Å². The Morgan fingerprint density at radius 2 is 1.50 bits per heavy atom. The van der Waals surface area contributed by atoms with Gasteiger partial charge in [-0.1, -0.05) is 0 Å². The van der Waals surface area contributed by atoms with Gasteiger partial charge in [0.25, 0.3) is 0 Å². The molecule has 1 heterocycles. The highest BCUT2D eigenvalue weighted by Crippen LogP contribution is 2.06. The number of hydrogen-bond acceptors (Lipinski definition) is 4. The van der Waals surface area contributed by atoms with Crippen molar-refractivity contribution in [3.05, 3.63) is 0 Å². The maximum atomic E-state index is 11.7. The molecule has 6 heteroatoms. The minimum atomic E-state index is -0.187. The zero-order valence-electron chi connectivity index (χ0n) is 10.5. The molecule has 0 bridgehead atoms. The van der Waals surface area contributed by atoms with E-state index in [1.54, 1.807) is 9.80 Å². The molecule has 0 saturated carbocycles. The quantitative estimate of drug-likeness (QED) is 0.701. The third-order valence-electron chi connectivity index (χ3n) is 2.91. The van der Waals surface area contributed by atoms with Crippen LogP contribution in [0.5, 0.6) is 0 Å². The predicted octanol–water partition coefficient (Wildman–Crippen LogP) is -0.0599. The maximum absolute atomic E-state index is 11.7. The third kappa shape index (κ3) is 4.17. The molecule has 2 amide bonds. The molecule has 0 aliphatic carbocycles. The van der Waals surface area contributed by atoms with Gasteiger partial charge in [0.2, 0.25) is 11.8 Å². The number of nitrogens with zero attached hydrogens (tertiary/aromatic N) is 3. The average Bonchev–Trinajstić information content (AvgIpc) is 2.36. The number of ketones is 1. The van der Waals surface area contributed by atoms with Crippen LogP contribution in [-0.4, -0.2) is 53.6 Å².